The van der Waals surface area contributed by atoms with E-state index in [1.165, 1.54) is 12.8 Å². The minimum absolute atomic E-state index is 0.00671. The van der Waals surface area contributed by atoms with E-state index in [1.807, 2.05) is 26.0 Å². The first-order valence-corrected chi connectivity index (χ1v) is 10.6. The first kappa shape index (κ1) is 21.7. The third-order valence-electron chi connectivity index (χ3n) is 5.52. The molecule has 0 bridgehead atoms. The van der Waals surface area contributed by atoms with E-state index in [4.69, 9.17) is 9.47 Å². The number of carbonyl (C=O) groups is 1. The van der Waals surface area contributed by atoms with Crippen molar-refractivity contribution in [3.05, 3.63) is 23.3 Å². The molecule has 4 heteroatoms. The molecule has 0 spiro atoms. The third-order valence-corrected chi connectivity index (χ3v) is 5.52. The van der Waals surface area contributed by atoms with Crippen molar-refractivity contribution in [3.8, 4) is 5.75 Å². The minimum Gasteiger partial charge on any atom is -0.490 e. The van der Waals surface area contributed by atoms with Gasteiger partial charge in [-0.3, -0.25) is 4.79 Å². The van der Waals surface area contributed by atoms with Crippen LogP contribution in [0.3, 0.4) is 0 Å². The van der Waals surface area contributed by atoms with Crippen molar-refractivity contribution < 1.29 is 14.3 Å². The van der Waals surface area contributed by atoms with Gasteiger partial charge in [0, 0.05) is 12.3 Å². The Morgan fingerprint density at radius 2 is 1.70 bits per heavy atom. The predicted octanol–water partition coefficient (Wildman–Crippen LogP) is 5.94. The van der Waals surface area contributed by atoms with Crippen LogP contribution in [0.5, 0.6) is 5.75 Å². The van der Waals surface area contributed by atoms with Crippen LogP contribution in [0.4, 0.5) is 5.69 Å². The van der Waals surface area contributed by atoms with Crippen molar-refractivity contribution in [2.45, 2.75) is 97.7 Å². The van der Waals surface area contributed by atoms with Crippen molar-refractivity contribution in [2.75, 3.05) is 11.9 Å². The molecule has 0 heterocycles. The molecule has 1 amide bonds. The van der Waals surface area contributed by atoms with Crippen LogP contribution in [0, 0.1) is 13.8 Å². The van der Waals surface area contributed by atoms with Gasteiger partial charge in [-0.2, -0.15) is 0 Å². The van der Waals surface area contributed by atoms with E-state index in [2.05, 4.69) is 26.1 Å². The number of amides is 1. The largest absolute Gasteiger partial charge is 0.490 e. The van der Waals surface area contributed by atoms with Gasteiger partial charge < -0.3 is 14.8 Å². The number of aryl methyl sites for hydroxylation is 2. The Morgan fingerprint density at radius 3 is 2.22 bits per heavy atom. The molecule has 1 aromatic rings. The zero-order valence-electron chi connectivity index (χ0n) is 17.8. The van der Waals surface area contributed by atoms with Crippen LogP contribution in [0.25, 0.3) is 0 Å². The van der Waals surface area contributed by atoms with E-state index in [0.717, 1.165) is 61.1 Å². The van der Waals surface area contributed by atoms with E-state index in [9.17, 15) is 4.79 Å². The van der Waals surface area contributed by atoms with Gasteiger partial charge in [0.2, 0.25) is 0 Å². The lowest BCUT2D eigenvalue weighted by Gasteiger charge is -2.31. The number of hydrogen-bond acceptors (Lipinski definition) is 3. The molecule has 1 aliphatic rings. The summed E-state index contributed by atoms with van der Waals surface area (Å²) >= 11 is 0. The van der Waals surface area contributed by atoms with Gasteiger partial charge in [-0.25, -0.2) is 0 Å². The van der Waals surface area contributed by atoms with Crippen molar-refractivity contribution in [3.63, 3.8) is 0 Å². The second-order valence-corrected chi connectivity index (χ2v) is 7.99. The zero-order chi connectivity index (χ0) is 19.9. The molecule has 0 aliphatic heterocycles. The molecule has 0 unspecified atom stereocenters. The highest BCUT2D eigenvalue weighted by Gasteiger charge is 2.39. The molecule has 2 rings (SSSR count). The highest BCUT2D eigenvalue weighted by atomic mass is 16.5. The third kappa shape index (κ3) is 5.71. The van der Waals surface area contributed by atoms with Crippen molar-refractivity contribution in [1.82, 2.24) is 0 Å². The fraction of sp³-hybridized carbons (Fsp3) is 0.696. The molecule has 4 nitrogen and oxygen atoms in total. The van der Waals surface area contributed by atoms with E-state index >= 15 is 0 Å². The summed E-state index contributed by atoms with van der Waals surface area (Å²) in [6.07, 6.45) is 8.17. The fourth-order valence-electron chi connectivity index (χ4n) is 3.77. The van der Waals surface area contributed by atoms with E-state index in [1.54, 1.807) is 0 Å². The number of carbonyl (C=O) groups excluding carboxylic acids is 1. The molecule has 1 saturated carbocycles. The molecule has 152 valence electrons. The van der Waals surface area contributed by atoms with Crippen LogP contribution in [0.1, 0.15) is 83.3 Å². The van der Waals surface area contributed by atoms with Crippen LogP contribution >= 0.6 is 0 Å². The highest BCUT2D eigenvalue weighted by molar-refractivity contribution is 5.97. The Bertz CT molecular complexity index is 595. The van der Waals surface area contributed by atoms with Gasteiger partial charge in [-0.15, -0.1) is 0 Å². The number of anilines is 1. The molecular weight excluding hydrogens is 338 g/mol. The maximum Gasteiger partial charge on any atom is 0.256 e. The van der Waals surface area contributed by atoms with Crippen LogP contribution in [0.2, 0.25) is 0 Å². The molecule has 1 atom stereocenters. The van der Waals surface area contributed by atoms with Crippen molar-refractivity contribution in [1.29, 1.82) is 0 Å². The first-order chi connectivity index (χ1) is 12.9. The fourth-order valence-corrected chi connectivity index (χ4v) is 3.77. The summed E-state index contributed by atoms with van der Waals surface area (Å²) in [7, 11) is 0. The first-order valence-electron chi connectivity index (χ1n) is 10.6. The SMILES string of the molecule is CCCOC1(C(=O)Nc2cc(C)c(O[C@@H](C)CC)c(C)c2)CCCCCC1. The van der Waals surface area contributed by atoms with Crippen LogP contribution in [-0.4, -0.2) is 24.2 Å². The molecule has 27 heavy (non-hydrogen) atoms. The Labute approximate surface area is 165 Å². The average molecular weight is 376 g/mol. The highest BCUT2D eigenvalue weighted by Crippen LogP contribution is 2.33. The van der Waals surface area contributed by atoms with Crippen LogP contribution in [0.15, 0.2) is 12.1 Å². The maximum absolute atomic E-state index is 13.2. The lowest BCUT2D eigenvalue weighted by Crippen LogP contribution is -2.45. The number of nitrogens with one attached hydrogen (secondary N) is 1. The Hall–Kier alpha value is -1.55. The molecule has 0 aromatic heterocycles. The van der Waals surface area contributed by atoms with Crippen molar-refractivity contribution in [2.24, 2.45) is 0 Å². The summed E-state index contributed by atoms with van der Waals surface area (Å²) in [6.45, 7) is 11.0. The molecule has 1 aromatic carbocycles. The van der Waals surface area contributed by atoms with Gasteiger partial charge in [-0.05, 0) is 69.7 Å². The quantitative estimate of drug-likeness (QED) is 0.572. The van der Waals surface area contributed by atoms with Gasteiger partial charge in [0.05, 0.1) is 6.10 Å². The van der Waals surface area contributed by atoms with Crippen LogP contribution < -0.4 is 10.1 Å². The van der Waals surface area contributed by atoms with Gasteiger partial charge in [0.15, 0.2) is 0 Å². The normalized spacial score (nSPS) is 17.8. The summed E-state index contributed by atoms with van der Waals surface area (Å²) in [5.74, 6) is 0.931. The topological polar surface area (TPSA) is 47.6 Å². The standard InChI is InChI=1S/C23H37NO3/c1-6-14-26-23(12-10-8-9-11-13-23)22(25)24-20-15-17(3)21(18(4)16-20)27-19(5)7-2/h15-16,19H,6-14H2,1-5H3,(H,24,25)/t19-/m0/s1. The smallest absolute Gasteiger partial charge is 0.256 e. The average Bonchev–Trinajstić information content (AvgIpc) is 2.89. The number of ether oxygens (including phenoxy) is 2. The minimum atomic E-state index is -0.680. The summed E-state index contributed by atoms with van der Waals surface area (Å²) in [5, 5.41) is 3.15. The lowest BCUT2D eigenvalue weighted by molar-refractivity contribution is -0.143. The van der Waals surface area contributed by atoms with Gasteiger partial charge >= 0.3 is 0 Å². The van der Waals surface area contributed by atoms with Crippen LogP contribution in [-0.2, 0) is 9.53 Å². The van der Waals surface area contributed by atoms with E-state index in [-0.39, 0.29) is 12.0 Å². The molecule has 1 N–H and O–H groups in total. The predicted molar refractivity (Wildman–Crippen MR) is 112 cm³/mol. The van der Waals surface area contributed by atoms with E-state index in [0.29, 0.717) is 6.61 Å². The second-order valence-electron chi connectivity index (χ2n) is 7.99. The molecular formula is C23H37NO3. The van der Waals surface area contributed by atoms with Gasteiger partial charge in [0.25, 0.3) is 5.91 Å². The molecule has 0 radical (unpaired) electrons. The summed E-state index contributed by atoms with van der Waals surface area (Å²) in [6, 6.07) is 4.01. The summed E-state index contributed by atoms with van der Waals surface area (Å²) in [4.78, 5) is 13.2. The Balaban J connectivity index is 2.19. The summed E-state index contributed by atoms with van der Waals surface area (Å²) in [5.41, 5.74) is 2.25. The Kier molecular flexibility index (Phi) is 8.15. The number of hydrogen-bond donors (Lipinski definition) is 1. The number of benzene rings is 1. The maximum atomic E-state index is 13.2. The van der Waals surface area contributed by atoms with E-state index < -0.39 is 5.60 Å². The monoisotopic (exact) mass is 375 g/mol. The van der Waals surface area contributed by atoms with Crippen molar-refractivity contribution >= 4 is 11.6 Å². The molecule has 1 aliphatic carbocycles. The zero-order valence-corrected chi connectivity index (χ0v) is 17.8. The second kappa shape index (κ2) is 10.1. The Morgan fingerprint density at radius 1 is 1.11 bits per heavy atom. The van der Waals surface area contributed by atoms with Gasteiger partial charge in [0.1, 0.15) is 11.4 Å². The summed E-state index contributed by atoms with van der Waals surface area (Å²) < 4.78 is 12.2. The molecule has 1 fully saturated rings. The molecule has 0 saturated heterocycles. The van der Waals surface area contributed by atoms with Gasteiger partial charge in [-0.1, -0.05) is 39.5 Å². The lowest BCUT2D eigenvalue weighted by atomic mass is 9.92. The number of rotatable bonds is 8.